The molecule has 3 aromatic carbocycles. The third-order valence-corrected chi connectivity index (χ3v) is 5.81. The molecule has 0 aliphatic carbocycles. The summed E-state index contributed by atoms with van der Waals surface area (Å²) in [6.45, 7) is 6.58. The average Bonchev–Trinajstić information content (AvgIpc) is 2.79. The van der Waals surface area contributed by atoms with Gasteiger partial charge >= 0.3 is 0 Å². The molecule has 3 aromatic rings. The minimum absolute atomic E-state index is 0.177. The number of benzene rings is 3. The molecule has 0 N–H and O–H groups in total. The van der Waals surface area contributed by atoms with E-state index in [4.69, 9.17) is 4.99 Å². The second-order valence-electron chi connectivity index (χ2n) is 7.79. The van der Waals surface area contributed by atoms with Gasteiger partial charge in [0.1, 0.15) is 0 Å². The van der Waals surface area contributed by atoms with E-state index in [0.29, 0.717) is 0 Å². The molecule has 0 amide bonds. The van der Waals surface area contributed by atoms with E-state index in [2.05, 4.69) is 106 Å². The van der Waals surface area contributed by atoms with Crippen molar-refractivity contribution in [3.8, 4) is 0 Å². The van der Waals surface area contributed by atoms with Gasteiger partial charge in [0.25, 0.3) is 0 Å². The number of hydrogen-bond acceptors (Lipinski definition) is 2. The average molecular weight is 354 g/mol. The van der Waals surface area contributed by atoms with Gasteiger partial charge in [-0.05, 0) is 44.0 Å². The fraction of sp³-hybridized carbons (Fsp3) is 0.240. The quantitative estimate of drug-likeness (QED) is 0.536. The summed E-state index contributed by atoms with van der Waals surface area (Å²) in [4.78, 5) is 7.49. The zero-order chi connectivity index (χ0) is 19.0. The maximum atomic E-state index is 5.10. The largest absolute Gasteiger partial charge is 0.363 e. The molecule has 1 aliphatic rings. The smallest absolute Gasteiger partial charge is 0.0866 e. The molecular formula is C25H26N2. The molecule has 1 heterocycles. The van der Waals surface area contributed by atoms with Crippen LogP contribution in [0.1, 0.15) is 35.6 Å². The van der Waals surface area contributed by atoms with Gasteiger partial charge in [-0.2, -0.15) is 0 Å². The highest BCUT2D eigenvalue weighted by Gasteiger charge is 2.36. The Kier molecular flexibility index (Phi) is 4.35. The molecular weight excluding hydrogens is 328 g/mol. The Hall–Kier alpha value is -2.87. The summed E-state index contributed by atoms with van der Waals surface area (Å²) in [5.74, 6) is 0. The first-order chi connectivity index (χ1) is 13.0. The summed E-state index contributed by atoms with van der Waals surface area (Å²) in [7, 11) is 2.19. The first kappa shape index (κ1) is 17.5. The number of aliphatic imine (C=N–C) groups is 1. The molecule has 136 valence electrons. The fourth-order valence-corrected chi connectivity index (χ4v) is 3.86. The van der Waals surface area contributed by atoms with Gasteiger partial charge in [-0.1, -0.05) is 71.8 Å². The topological polar surface area (TPSA) is 15.6 Å². The van der Waals surface area contributed by atoms with E-state index in [1.54, 1.807) is 0 Å². The number of aryl methyl sites for hydroxylation is 2. The van der Waals surface area contributed by atoms with Crippen LogP contribution in [-0.4, -0.2) is 12.8 Å². The van der Waals surface area contributed by atoms with Crippen LogP contribution in [0.4, 0.5) is 11.4 Å². The molecule has 1 atom stereocenters. The van der Waals surface area contributed by atoms with Crippen LogP contribution in [0.2, 0.25) is 0 Å². The van der Waals surface area contributed by atoms with Crippen LogP contribution in [0.3, 0.4) is 0 Å². The predicted octanol–water partition coefficient (Wildman–Crippen LogP) is 6.18. The molecule has 0 spiro atoms. The lowest BCUT2D eigenvalue weighted by molar-refractivity contribution is 0.485. The van der Waals surface area contributed by atoms with Crippen molar-refractivity contribution in [1.82, 2.24) is 0 Å². The molecule has 0 bridgehead atoms. The molecule has 2 heteroatoms. The Balaban J connectivity index is 1.90. The molecule has 0 aromatic heterocycles. The zero-order valence-electron chi connectivity index (χ0n) is 16.5. The molecule has 0 saturated heterocycles. The summed E-state index contributed by atoms with van der Waals surface area (Å²) >= 11 is 0. The van der Waals surface area contributed by atoms with Gasteiger partial charge in [-0.3, -0.25) is 4.99 Å². The van der Waals surface area contributed by atoms with Gasteiger partial charge in [0, 0.05) is 13.5 Å². The van der Waals surface area contributed by atoms with Gasteiger partial charge in [0.05, 0.1) is 22.6 Å². The van der Waals surface area contributed by atoms with Crippen LogP contribution >= 0.6 is 0 Å². The van der Waals surface area contributed by atoms with Crippen molar-refractivity contribution in [2.24, 2.45) is 4.99 Å². The second-order valence-corrected chi connectivity index (χ2v) is 7.79. The highest BCUT2D eigenvalue weighted by Crippen LogP contribution is 2.43. The van der Waals surface area contributed by atoms with Gasteiger partial charge in [-0.15, -0.1) is 0 Å². The summed E-state index contributed by atoms with van der Waals surface area (Å²) in [5, 5.41) is 0. The van der Waals surface area contributed by atoms with E-state index in [0.717, 1.165) is 17.8 Å². The van der Waals surface area contributed by atoms with Crippen LogP contribution in [0.15, 0.2) is 77.8 Å². The highest BCUT2D eigenvalue weighted by atomic mass is 15.2. The van der Waals surface area contributed by atoms with E-state index in [1.807, 2.05) is 0 Å². The van der Waals surface area contributed by atoms with E-state index < -0.39 is 0 Å². The summed E-state index contributed by atoms with van der Waals surface area (Å²) < 4.78 is 0. The number of rotatable bonds is 2. The maximum Gasteiger partial charge on any atom is 0.0866 e. The Morgan fingerprint density at radius 3 is 2.07 bits per heavy atom. The maximum absolute atomic E-state index is 5.10. The Labute approximate surface area is 162 Å². The second kappa shape index (κ2) is 6.70. The first-order valence-corrected chi connectivity index (χ1v) is 9.52. The van der Waals surface area contributed by atoms with Crippen molar-refractivity contribution in [3.63, 3.8) is 0 Å². The van der Waals surface area contributed by atoms with E-state index in [9.17, 15) is 0 Å². The van der Waals surface area contributed by atoms with Crippen LogP contribution < -0.4 is 4.90 Å². The van der Waals surface area contributed by atoms with Crippen LogP contribution in [0.25, 0.3) is 0 Å². The van der Waals surface area contributed by atoms with Crippen LogP contribution in [-0.2, 0) is 5.54 Å². The van der Waals surface area contributed by atoms with Gasteiger partial charge in [0.15, 0.2) is 0 Å². The molecule has 1 unspecified atom stereocenters. The van der Waals surface area contributed by atoms with Crippen molar-refractivity contribution in [2.75, 3.05) is 11.9 Å². The summed E-state index contributed by atoms with van der Waals surface area (Å²) in [5.41, 5.74) is 8.22. The normalized spacial score (nSPS) is 19.3. The monoisotopic (exact) mass is 354 g/mol. The molecule has 2 nitrogen and oxygen atoms in total. The number of nitrogens with zero attached hydrogens (tertiary/aromatic N) is 2. The van der Waals surface area contributed by atoms with Gasteiger partial charge in [0.2, 0.25) is 0 Å². The summed E-state index contributed by atoms with van der Waals surface area (Å²) in [6, 6.07) is 26.1. The van der Waals surface area contributed by atoms with Crippen molar-refractivity contribution in [3.05, 3.63) is 95.1 Å². The minimum Gasteiger partial charge on any atom is -0.363 e. The van der Waals surface area contributed by atoms with E-state index in [-0.39, 0.29) is 5.54 Å². The van der Waals surface area contributed by atoms with Crippen molar-refractivity contribution in [1.29, 1.82) is 0 Å². The van der Waals surface area contributed by atoms with E-state index in [1.165, 1.54) is 27.9 Å². The standard InChI is InChI=1S/C25H26N2/c1-18-9-13-20(14-10-18)23-17-25(3,21-15-11-19(2)12-16-21)27(4)24-8-6-5-7-22(24)26-23/h5-16H,17H2,1-4H3. The number of hydrogen-bond donors (Lipinski definition) is 0. The van der Waals surface area contributed by atoms with Crippen molar-refractivity contribution < 1.29 is 0 Å². The number of para-hydroxylation sites is 2. The highest BCUT2D eigenvalue weighted by molar-refractivity contribution is 6.04. The molecule has 1 aliphatic heterocycles. The lowest BCUT2D eigenvalue weighted by atomic mass is 9.83. The Morgan fingerprint density at radius 1 is 0.815 bits per heavy atom. The predicted molar refractivity (Wildman–Crippen MR) is 115 cm³/mol. The molecule has 4 rings (SSSR count). The van der Waals surface area contributed by atoms with Crippen LogP contribution in [0, 0.1) is 13.8 Å². The lowest BCUT2D eigenvalue weighted by Crippen LogP contribution is -2.42. The third kappa shape index (κ3) is 3.16. The Bertz CT molecular complexity index is 984. The fourth-order valence-electron chi connectivity index (χ4n) is 3.86. The number of anilines is 1. The van der Waals surface area contributed by atoms with Gasteiger partial charge < -0.3 is 4.90 Å². The summed E-state index contributed by atoms with van der Waals surface area (Å²) in [6.07, 6.45) is 0.851. The van der Waals surface area contributed by atoms with E-state index >= 15 is 0 Å². The lowest BCUT2D eigenvalue weighted by Gasteiger charge is -2.40. The number of fused-ring (bicyclic) bond motifs is 1. The first-order valence-electron chi connectivity index (χ1n) is 9.52. The SMILES string of the molecule is Cc1ccc(C2=Nc3ccccc3N(C)C(C)(c3ccc(C)cc3)C2)cc1. The Morgan fingerprint density at radius 2 is 1.41 bits per heavy atom. The molecule has 0 fully saturated rings. The van der Waals surface area contributed by atoms with Crippen LogP contribution in [0.5, 0.6) is 0 Å². The molecule has 0 saturated carbocycles. The molecule has 0 radical (unpaired) electrons. The minimum atomic E-state index is -0.177. The molecule has 27 heavy (non-hydrogen) atoms. The third-order valence-electron chi connectivity index (χ3n) is 5.81. The zero-order valence-corrected chi connectivity index (χ0v) is 16.5. The van der Waals surface area contributed by atoms with Crippen molar-refractivity contribution >= 4 is 17.1 Å². The van der Waals surface area contributed by atoms with Crippen molar-refractivity contribution in [2.45, 2.75) is 32.7 Å². The van der Waals surface area contributed by atoms with Gasteiger partial charge in [-0.25, -0.2) is 0 Å².